The molecule has 0 bridgehead atoms. The fourth-order valence-corrected chi connectivity index (χ4v) is 4.29. The second-order valence-electron chi connectivity index (χ2n) is 8.08. The number of benzene rings is 1. The average molecular weight is 511 g/mol. The van der Waals surface area contributed by atoms with Gasteiger partial charge in [0.05, 0.1) is 21.3 Å². The van der Waals surface area contributed by atoms with Gasteiger partial charge in [-0.25, -0.2) is 4.79 Å². The van der Waals surface area contributed by atoms with Crippen molar-refractivity contribution in [3.63, 3.8) is 0 Å². The molecule has 1 aliphatic carbocycles. The van der Waals surface area contributed by atoms with Crippen LogP contribution in [0.3, 0.4) is 0 Å². The van der Waals surface area contributed by atoms with E-state index in [9.17, 15) is 19.2 Å². The molecule has 3 amide bonds. The standard InChI is InChI=1S/C24H34N2O8S/c1-31-18-12-16(13-19(32-2)21(18)33-3)23(29)25-17(10-11-35-4)24(30)34-14-20(27)26-22(28)15-8-6-5-7-9-15/h12-13,15,17H,5-11,14H2,1-4H3,(H,25,29)(H,26,27,28)/t17-/m0/s1. The van der Waals surface area contributed by atoms with Gasteiger partial charge in [0.2, 0.25) is 11.7 Å². The van der Waals surface area contributed by atoms with Crippen LogP contribution in [0.1, 0.15) is 48.9 Å². The first-order valence-electron chi connectivity index (χ1n) is 11.4. The number of nitrogens with one attached hydrogen (secondary N) is 2. The van der Waals surface area contributed by atoms with Gasteiger partial charge in [-0.2, -0.15) is 11.8 Å². The third kappa shape index (κ3) is 8.34. The molecule has 2 N–H and O–H groups in total. The van der Waals surface area contributed by atoms with E-state index in [2.05, 4.69) is 10.6 Å². The summed E-state index contributed by atoms with van der Waals surface area (Å²) >= 11 is 1.50. The van der Waals surface area contributed by atoms with Gasteiger partial charge in [-0.3, -0.25) is 19.7 Å². The summed E-state index contributed by atoms with van der Waals surface area (Å²) in [6.45, 7) is -0.604. The number of thioether (sulfide) groups is 1. The van der Waals surface area contributed by atoms with Gasteiger partial charge in [0.15, 0.2) is 18.1 Å². The number of methoxy groups -OCH3 is 3. The monoisotopic (exact) mass is 510 g/mol. The molecular weight excluding hydrogens is 476 g/mol. The molecule has 1 saturated carbocycles. The molecule has 1 aromatic carbocycles. The van der Waals surface area contributed by atoms with Crippen LogP contribution < -0.4 is 24.8 Å². The largest absolute Gasteiger partial charge is 0.493 e. The zero-order valence-corrected chi connectivity index (χ0v) is 21.5. The van der Waals surface area contributed by atoms with E-state index < -0.39 is 30.4 Å². The molecule has 35 heavy (non-hydrogen) atoms. The van der Waals surface area contributed by atoms with Crippen LogP contribution in [-0.4, -0.2) is 69.7 Å². The van der Waals surface area contributed by atoms with Gasteiger partial charge in [0.25, 0.3) is 11.8 Å². The van der Waals surface area contributed by atoms with Gasteiger partial charge < -0.3 is 24.3 Å². The van der Waals surface area contributed by atoms with Crippen molar-refractivity contribution < 1.29 is 38.1 Å². The van der Waals surface area contributed by atoms with Crippen LogP contribution in [0, 0.1) is 5.92 Å². The minimum absolute atomic E-state index is 0.185. The number of carbonyl (C=O) groups excluding carboxylic acids is 4. The zero-order valence-electron chi connectivity index (χ0n) is 20.6. The Balaban J connectivity index is 2.01. The van der Waals surface area contributed by atoms with Crippen LogP contribution in [0.2, 0.25) is 0 Å². The molecule has 0 saturated heterocycles. The van der Waals surface area contributed by atoms with E-state index in [1.165, 1.54) is 45.2 Å². The molecule has 1 aliphatic rings. The fourth-order valence-electron chi connectivity index (χ4n) is 3.82. The van der Waals surface area contributed by atoms with Crippen LogP contribution in [0.4, 0.5) is 0 Å². The summed E-state index contributed by atoms with van der Waals surface area (Å²) in [6.07, 6.45) is 6.68. The topological polar surface area (TPSA) is 129 Å². The van der Waals surface area contributed by atoms with Crippen LogP contribution in [0.5, 0.6) is 17.2 Å². The summed E-state index contributed by atoms with van der Waals surface area (Å²) in [5.41, 5.74) is 0.192. The first-order valence-corrected chi connectivity index (χ1v) is 12.8. The summed E-state index contributed by atoms with van der Waals surface area (Å²) in [5, 5.41) is 4.95. The van der Waals surface area contributed by atoms with E-state index >= 15 is 0 Å². The second kappa shape index (κ2) is 14.4. The van der Waals surface area contributed by atoms with Gasteiger partial charge in [-0.05, 0) is 43.4 Å². The van der Waals surface area contributed by atoms with E-state index in [-0.39, 0.29) is 17.4 Å². The normalized spacial score (nSPS) is 14.4. The van der Waals surface area contributed by atoms with Crippen LogP contribution in [-0.2, 0) is 19.1 Å². The third-order valence-electron chi connectivity index (χ3n) is 5.71. The summed E-state index contributed by atoms with van der Waals surface area (Å²) < 4.78 is 20.9. The first kappa shape index (κ1) is 28.3. The van der Waals surface area contributed by atoms with E-state index in [1.54, 1.807) is 0 Å². The highest BCUT2D eigenvalue weighted by Gasteiger charge is 2.26. The molecule has 1 aromatic rings. The van der Waals surface area contributed by atoms with Gasteiger partial charge in [-0.15, -0.1) is 0 Å². The SMILES string of the molecule is COc1cc(C(=O)N[C@@H](CCSC)C(=O)OCC(=O)NC(=O)C2CCCCC2)cc(OC)c1OC. The van der Waals surface area contributed by atoms with Gasteiger partial charge in [0.1, 0.15) is 6.04 Å². The molecule has 0 aromatic heterocycles. The number of imide groups is 1. The van der Waals surface area contributed by atoms with Gasteiger partial charge in [0, 0.05) is 11.5 Å². The molecule has 1 atom stereocenters. The van der Waals surface area contributed by atoms with Crippen molar-refractivity contribution in [1.29, 1.82) is 0 Å². The Bertz CT molecular complexity index is 877. The highest BCUT2D eigenvalue weighted by atomic mass is 32.2. The van der Waals surface area contributed by atoms with Crippen LogP contribution in [0.25, 0.3) is 0 Å². The Morgan fingerprint density at radius 3 is 2.17 bits per heavy atom. The maximum atomic E-state index is 12.9. The molecular formula is C24H34N2O8S. The Kier molecular flexibility index (Phi) is 11.7. The lowest BCUT2D eigenvalue weighted by Gasteiger charge is -2.20. The number of ether oxygens (including phenoxy) is 4. The van der Waals surface area contributed by atoms with E-state index in [4.69, 9.17) is 18.9 Å². The minimum atomic E-state index is -0.990. The smallest absolute Gasteiger partial charge is 0.329 e. The number of esters is 1. The minimum Gasteiger partial charge on any atom is -0.493 e. The Morgan fingerprint density at radius 1 is 1.00 bits per heavy atom. The van der Waals surface area contributed by atoms with Crippen LogP contribution in [0.15, 0.2) is 12.1 Å². The summed E-state index contributed by atoms with van der Waals surface area (Å²) in [7, 11) is 4.32. The molecule has 0 aliphatic heterocycles. The summed E-state index contributed by atoms with van der Waals surface area (Å²) in [6, 6.07) is 1.95. The summed E-state index contributed by atoms with van der Waals surface area (Å²) in [5.74, 6) is -1.03. The van der Waals surface area contributed by atoms with E-state index in [1.807, 2.05) is 6.26 Å². The Hall–Kier alpha value is -2.95. The molecule has 1 fully saturated rings. The lowest BCUT2D eigenvalue weighted by molar-refractivity contribution is -0.151. The molecule has 0 spiro atoms. The molecule has 2 rings (SSSR count). The number of amides is 3. The lowest BCUT2D eigenvalue weighted by Crippen LogP contribution is -2.44. The highest BCUT2D eigenvalue weighted by Crippen LogP contribution is 2.38. The van der Waals surface area contributed by atoms with Crippen molar-refractivity contribution in [3.05, 3.63) is 17.7 Å². The predicted octanol–water partition coefficient (Wildman–Crippen LogP) is 2.33. The maximum absolute atomic E-state index is 12.9. The van der Waals surface area contributed by atoms with Crippen molar-refractivity contribution in [2.45, 2.75) is 44.6 Å². The van der Waals surface area contributed by atoms with Crippen molar-refractivity contribution in [2.24, 2.45) is 5.92 Å². The quantitative estimate of drug-likeness (QED) is 0.407. The number of hydrogen-bond acceptors (Lipinski definition) is 9. The number of hydrogen-bond donors (Lipinski definition) is 2. The zero-order chi connectivity index (χ0) is 25.8. The predicted molar refractivity (Wildman–Crippen MR) is 131 cm³/mol. The van der Waals surface area contributed by atoms with Gasteiger partial charge >= 0.3 is 5.97 Å². The number of carbonyl (C=O) groups is 4. The highest BCUT2D eigenvalue weighted by molar-refractivity contribution is 7.98. The van der Waals surface area contributed by atoms with Crippen LogP contribution >= 0.6 is 11.8 Å². The molecule has 10 nitrogen and oxygen atoms in total. The van der Waals surface area contributed by atoms with Crippen molar-refractivity contribution in [3.8, 4) is 17.2 Å². The third-order valence-corrected chi connectivity index (χ3v) is 6.36. The molecule has 11 heteroatoms. The maximum Gasteiger partial charge on any atom is 0.329 e. The number of rotatable bonds is 12. The average Bonchev–Trinajstić information content (AvgIpc) is 2.88. The molecule has 194 valence electrons. The molecule has 0 heterocycles. The second-order valence-corrected chi connectivity index (χ2v) is 9.06. The van der Waals surface area contributed by atoms with Crippen molar-refractivity contribution in [1.82, 2.24) is 10.6 Å². The van der Waals surface area contributed by atoms with E-state index in [0.717, 1.165) is 32.1 Å². The Labute approximate surface area is 209 Å². The van der Waals surface area contributed by atoms with Crippen molar-refractivity contribution >= 4 is 35.5 Å². The van der Waals surface area contributed by atoms with Gasteiger partial charge in [-0.1, -0.05) is 19.3 Å². The molecule has 0 unspecified atom stereocenters. The summed E-state index contributed by atoms with van der Waals surface area (Å²) in [4.78, 5) is 50.0. The Morgan fingerprint density at radius 2 is 1.63 bits per heavy atom. The fraction of sp³-hybridized carbons (Fsp3) is 0.583. The first-order chi connectivity index (χ1) is 16.8. The van der Waals surface area contributed by atoms with E-state index in [0.29, 0.717) is 29.4 Å². The van der Waals surface area contributed by atoms with Crippen molar-refractivity contribution in [2.75, 3.05) is 39.9 Å². The molecule has 0 radical (unpaired) electrons. The lowest BCUT2D eigenvalue weighted by atomic mass is 9.89.